The molecule has 3 aromatic rings. The number of amides is 3. The van der Waals surface area contributed by atoms with E-state index in [1.807, 2.05) is 13.0 Å². The molecule has 0 aliphatic carbocycles. The van der Waals surface area contributed by atoms with Gasteiger partial charge in [0.15, 0.2) is 5.13 Å². The van der Waals surface area contributed by atoms with Crippen molar-refractivity contribution in [1.29, 1.82) is 0 Å². The number of urea groups is 1. The summed E-state index contributed by atoms with van der Waals surface area (Å²) in [7, 11) is 0. The summed E-state index contributed by atoms with van der Waals surface area (Å²) in [6, 6.07) is 11.6. The molecule has 30 heavy (non-hydrogen) atoms. The van der Waals surface area contributed by atoms with E-state index in [0.717, 1.165) is 27.3 Å². The zero-order chi connectivity index (χ0) is 21.3. The van der Waals surface area contributed by atoms with E-state index in [4.69, 9.17) is 5.73 Å². The lowest BCUT2D eigenvalue weighted by Crippen LogP contribution is -2.39. The Morgan fingerprint density at radius 3 is 2.73 bits per heavy atom. The lowest BCUT2D eigenvalue weighted by atomic mass is 9.94. The minimum atomic E-state index is -0.448. The van der Waals surface area contributed by atoms with Gasteiger partial charge in [0.25, 0.3) is 0 Å². The van der Waals surface area contributed by atoms with Crippen LogP contribution in [0.3, 0.4) is 0 Å². The van der Waals surface area contributed by atoms with Gasteiger partial charge in [-0.2, -0.15) is 0 Å². The maximum Gasteiger partial charge on any atom is 0.323 e. The molecule has 8 heteroatoms. The Kier molecular flexibility index (Phi) is 5.50. The van der Waals surface area contributed by atoms with E-state index in [1.54, 1.807) is 29.2 Å². The van der Waals surface area contributed by atoms with Gasteiger partial charge in [-0.15, -0.1) is 11.3 Å². The molecule has 0 fully saturated rings. The standard InChI is InChI=1S/C22H21FN4O2S/c1-13-19(11-14-5-7-16(23)8-6-14)30-21(25-13)26-22(29)27-10-9-17-15(12-27)3-2-4-18(17)20(24)28/h2-8H,9-12H2,1H3,(H2,24,28)(H,25,26,29). The largest absolute Gasteiger partial charge is 0.366 e. The minimum Gasteiger partial charge on any atom is -0.366 e. The topological polar surface area (TPSA) is 88.3 Å². The van der Waals surface area contributed by atoms with Crippen molar-refractivity contribution in [2.45, 2.75) is 26.3 Å². The van der Waals surface area contributed by atoms with Crippen molar-refractivity contribution in [1.82, 2.24) is 9.88 Å². The quantitative estimate of drug-likeness (QED) is 0.666. The van der Waals surface area contributed by atoms with Crippen molar-refractivity contribution in [2.24, 2.45) is 5.73 Å². The summed E-state index contributed by atoms with van der Waals surface area (Å²) in [6.45, 7) is 2.80. The molecule has 0 atom stereocenters. The number of aryl methyl sites for hydroxylation is 1. The van der Waals surface area contributed by atoms with Gasteiger partial charge < -0.3 is 10.6 Å². The Bertz CT molecular complexity index is 1110. The van der Waals surface area contributed by atoms with E-state index in [0.29, 0.717) is 36.6 Å². The fourth-order valence-electron chi connectivity index (χ4n) is 3.62. The van der Waals surface area contributed by atoms with Crippen LogP contribution in [0.1, 0.15) is 37.6 Å². The number of nitrogens with zero attached hydrogens (tertiary/aromatic N) is 2. The molecule has 154 valence electrons. The first-order valence-electron chi connectivity index (χ1n) is 9.58. The summed E-state index contributed by atoms with van der Waals surface area (Å²) in [5.41, 5.74) is 9.65. The van der Waals surface area contributed by atoms with Gasteiger partial charge in [0, 0.05) is 30.0 Å². The van der Waals surface area contributed by atoms with Gasteiger partial charge in [-0.25, -0.2) is 14.2 Å². The number of halogens is 1. The van der Waals surface area contributed by atoms with Crippen molar-refractivity contribution in [3.05, 3.63) is 81.1 Å². The number of carbonyl (C=O) groups excluding carboxylic acids is 2. The number of rotatable bonds is 4. The van der Waals surface area contributed by atoms with E-state index in [1.165, 1.54) is 23.5 Å². The van der Waals surface area contributed by atoms with Crippen LogP contribution in [-0.4, -0.2) is 28.4 Å². The number of benzene rings is 2. The lowest BCUT2D eigenvalue weighted by molar-refractivity contribution is 0.0999. The van der Waals surface area contributed by atoms with Crippen LogP contribution in [0.15, 0.2) is 42.5 Å². The van der Waals surface area contributed by atoms with Crippen LogP contribution < -0.4 is 11.1 Å². The Balaban J connectivity index is 1.44. The summed E-state index contributed by atoms with van der Waals surface area (Å²) < 4.78 is 13.1. The molecule has 0 saturated carbocycles. The average molecular weight is 425 g/mol. The number of hydrogen-bond acceptors (Lipinski definition) is 4. The molecular formula is C22H21FN4O2S. The second-order valence-corrected chi connectivity index (χ2v) is 8.32. The predicted octanol–water partition coefficient (Wildman–Crippen LogP) is 3.87. The third kappa shape index (κ3) is 4.18. The Morgan fingerprint density at radius 2 is 2.00 bits per heavy atom. The van der Waals surface area contributed by atoms with E-state index in [-0.39, 0.29) is 11.8 Å². The summed E-state index contributed by atoms with van der Waals surface area (Å²) in [4.78, 5) is 31.6. The first kappa shape index (κ1) is 20.0. The molecule has 4 rings (SSSR count). The number of primary amides is 1. The van der Waals surface area contributed by atoms with Crippen LogP contribution in [0, 0.1) is 12.7 Å². The van der Waals surface area contributed by atoms with Crippen LogP contribution in [0.5, 0.6) is 0 Å². The molecule has 0 saturated heterocycles. The molecule has 6 nitrogen and oxygen atoms in total. The molecule has 0 bridgehead atoms. The second-order valence-electron chi connectivity index (χ2n) is 7.24. The van der Waals surface area contributed by atoms with E-state index >= 15 is 0 Å². The molecule has 1 aliphatic rings. The van der Waals surface area contributed by atoms with Crippen molar-refractivity contribution >= 4 is 28.4 Å². The Labute approximate surface area is 177 Å². The number of nitrogens with one attached hydrogen (secondary N) is 1. The third-order valence-electron chi connectivity index (χ3n) is 5.20. The highest BCUT2D eigenvalue weighted by atomic mass is 32.1. The van der Waals surface area contributed by atoms with E-state index in [2.05, 4.69) is 10.3 Å². The summed E-state index contributed by atoms with van der Waals surface area (Å²) in [6.07, 6.45) is 1.21. The molecule has 2 heterocycles. The Hall–Kier alpha value is -3.26. The minimum absolute atomic E-state index is 0.229. The second kappa shape index (κ2) is 8.23. The van der Waals surface area contributed by atoms with Crippen molar-refractivity contribution in [3.8, 4) is 0 Å². The SMILES string of the molecule is Cc1nc(NC(=O)N2CCc3c(cccc3C(N)=O)C2)sc1Cc1ccc(F)cc1. The maximum atomic E-state index is 13.1. The average Bonchev–Trinajstić information content (AvgIpc) is 3.07. The van der Waals surface area contributed by atoms with Crippen LogP contribution >= 0.6 is 11.3 Å². The maximum absolute atomic E-state index is 13.1. The molecule has 0 radical (unpaired) electrons. The van der Waals surface area contributed by atoms with Crippen LogP contribution in [0.25, 0.3) is 0 Å². The molecule has 3 N–H and O–H groups in total. The molecule has 0 spiro atoms. The van der Waals surface area contributed by atoms with Gasteiger partial charge >= 0.3 is 6.03 Å². The summed E-state index contributed by atoms with van der Waals surface area (Å²) in [5.74, 6) is -0.713. The lowest BCUT2D eigenvalue weighted by Gasteiger charge is -2.29. The molecule has 0 unspecified atom stereocenters. The van der Waals surface area contributed by atoms with Crippen molar-refractivity contribution in [3.63, 3.8) is 0 Å². The van der Waals surface area contributed by atoms with Crippen molar-refractivity contribution < 1.29 is 14.0 Å². The van der Waals surface area contributed by atoms with Gasteiger partial charge in [0.1, 0.15) is 5.82 Å². The molecule has 2 aromatic carbocycles. The molecule has 1 aromatic heterocycles. The van der Waals surface area contributed by atoms with Gasteiger partial charge in [0.05, 0.1) is 5.69 Å². The van der Waals surface area contributed by atoms with Crippen LogP contribution in [0.2, 0.25) is 0 Å². The highest BCUT2D eigenvalue weighted by Gasteiger charge is 2.24. The first-order chi connectivity index (χ1) is 14.4. The molecule has 3 amide bonds. The third-order valence-corrected chi connectivity index (χ3v) is 6.28. The Morgan fingerprint density at radius 1 is 1.23 bits per heavy atom. The number of nitrogens with two attached hydrogens (primary N) is 1. The van der Waals surface area contributed by atoms with Crippen molar-refractivity contribution in [2.75, 3.05) is 11.9 Å². The highest BCUT2D eigenvalue weighted by Crippen LogP contribution is 2.27. The fraction of sp³-hybridized carbons (Fsp3) is 0.227. The van der Waals surface area contributed by atoms with Gasteiger partial charge in [0.2, 0.25) is 5.91 Å². The number of anilines is 1. The van der Waals surface area contributed by atoms with Crippen LogP contribution in [0.4, 0.5) is 14.3 Å². The van der Waals surface area contributed by atoms with E-state index < -0.39 is 5.91 Å². The number of thiazole rings is 1. The zero-order valence-electron chi connectivity index (χ0n) is 16.4. The molecular weight excluding hydrogens is 403 g/mol. The van der Waals surface area contributed by atoms with Gasteiger partial charge in [-0.1, -0.05) is 24.3 Å². The number of carbonyl (C=O) groups is 2. The highest BCUT2D eigenvalue weighted by molar-refractivity contribution is 7.15. The van der Waals surface area contributed by atoms with E-state index in [9.17, 15) is 14.0 Å². The van der Waals surface area contributed by atoms with Crippen LogP contribution in [-0.2, 0) is 19.4 Å². The van der Waals surface area contributed by atoms with Gasteiger partial charge in [-0.05, 0) is 48.2 Å². The zero-order valence-corrected chi connectivity index (χ0v) is 17.3. The summed E-state index contributed by atoms with van der Waals surface area (Å²) >= 11 is 1.42. The predicted molar refractivity (Wildman–Crippen MR) is 114 cm³/mol. The smallest absolute Gasteiger partial charge is 0.323 e. The monoisotopic (exact) mass is 424 g/mol. The van der Waals surface area contributed by atoms with Gasteiger partial charge in [-0.3, -0.25) is 10.1 Å². The number of aromatic nitrogens is 1. The number of hydrogen-bond donors (Lipinski definition) is 2. The fourth-order valence-corrected chi connectivity index (χ4v) is 4.60. The first-order valence-corrected chi connectivity index (χ1v) is 10.4. The summed E-state index contributed by atoms with van der Waals surface area (Å²) in [5, 5.41) is 3.41. The molecule has 1 aliphatic heterocycles. The number of fused-ring (bicyclic) bond motifs is 1. The normalized spacial score (nSPS) is 13.1.